The lowest BCUT2D eigenvalue weighted by atomic mass is 9.50. The summed E-state index contributed by atoms with van der Waals surface area (Å²) in [4.78, 5) is 0. The van der Waals surface area contributed by atoms with Gasteiger partial charge in [0, 0.05) is 5.41 Å². The predicted molar refractivity (Wildman–Crippen MR) is 71.9 cm³/mol. The van der Waals surface area contributed by atoms with Crippen molar-refractivity contribution in [2.45, 2.75) is 50.4 Å². The Morgan fingerprint density at radius 2 is 1.53 bits per heavy atom. The van der Waals surface area contributed by atoms with Gasteiger partial charge in [0.25, 0.3) is 0 Å². The normalized spacial score (nSPS) is 25.5. The summed E-state index contributed by atoms with van der Waals surface area (Å²) in [7, 11) is 0. The molecule has 0 amide bonds. The third-order valence-corrected chi connectivity index (χ3v) is 5.50. The van der Waals surface area contributed by atoms with Crippen LogP contribution in [0.25, 0.3) is 0 Å². The van der Waals surface area contributed by atoms with Gasteiger partial charge < -0.3 is 5.73 Å². The summed E-state index contributed by atoms with van der Waals surface area (Å²) < 4.78 is 0. The van der Waals surface area contributed by atoms with E-state index in [-0.39, 0.29) is 0 Å². The largest absolute Gasteiger partial charge is 0.330 e. The summed E-state index contributed by atoms with van der Waals surface area (Å²) in [6.07, 6.45) is 9.55. The van der Waals surface area contributed by atoms with E-state index < -0.39 is 0 Å². The van der Waals surface area contributed by atoms with Crippen molar-refractivity contribution in [3.05, 3.63) is 35.9 Å². The van der Waals surface area contributed by atoms with Gasteiger partial charge in [-0.05, 0) is 43.2 Å². The van der Waals surface area contributed by atoms with Gasteiger partial charge in [-0.25, -0.2) is 0 Å². The number of nitrogens with two attached hydrogens (primary N) is 1. The van der Waals surface area contributed by atoms with Gasteiger partial charge in [0.1, 0.15) is 0 Å². The molecule has 0 unspecified atom stereocenters. The zero-order valence-electron chi connectivity index (χ0n) is 10.6. The Kier molecular flexibility index (Phi) is 2.74. The maximum atomic E-state index is 6.17. The number of benzene rings is 1. The van der Waals surface area contributed by atoms with Crippen molar-refractivity contribution in [3.63, 3.8) is 0 Å². The molecule has 0 radical (unpaired) electrons. The van der Waals surface area contributed by atoms with Crippen molar-refractivity contribution in [2.24, 2.45) is 11.1 Å². The van der Waals surface area contributed by atoms with E-state index in [1.54, 1.807) is 5.56 Å². The van der Waals surface area contributed by atoms with Crippen LogP contribution in [0, 0.1) is 5.41 Å². The van der Waals surface area contributed by atoms with E-state index in [1.165, 1.54) is 44.9 Å². The quantitative estimate of drug-likeness (QED) is 0.841. The lowest BCUT2D eigenvalue weighted by Crippen LogP contribution is -2.53. The third-order valence-electron chi connectivity index (χ3n) is 5.50. The number of rotatable bonds is 3. The van der Waals surface area contributed by atoms with Gasteiger partial charge in [0.15, 0.2) is 0 Å². The van der Waals surface area contributed by atoms with Crippen LogP contribution in [-0.4, -0.2) is 6.54 Å². The average molecular weight is 229 g/mol. The van der Waals surface area contributed by atoms with Gasteiger partial charge in [-0.15, -0.1) is 0 Å². The first-order valence-corrected chi connectivity index (χ1v) is 7.09. The molecule has 1 aromatic carbocycles. The smallest absolute Gasteiger partial charge is 0.00214 e. The Labute approximate surface area is 104 Å². The highest BCUT2D eigenvalue weighted by molar-refractivity contribution is 5.31. The van der Waals surface area contributed by atoms with E-state index in [1.807, 2.05) is 0 Å². The second-order valence-corrected chi connectivity index (χ2v) is 5.99. The molecular formula is C16H23N. The molecule has 0 heterocycles. The zero-order chi connectivity index (χ0) is 11.8. The average Bonchev–Trinajstić information content (AvgIpc) is 2.80. The molecule has 0 aromatic heterocycles. The fourth-order valence-electron chi connectivity index (χ4n) is 4.34. The van der Waals surface area contributed by atoms with Crippen LogP contribution in [0.2, 0.25) is 0 Å². The Morgan fingerprint density at radius 1 is 0.882 bits per heavy atom. The molecule has 2 fully saturated rings. The van der Waals surface area contributed by atoms with E-state index in [0.29, 0.717) is 10.8 Å². The first-order valence-electron chi connectivity index (χ1n) is 7.09. The second-order valence-electron chi connectivity index (χ2n) is 5.99. The van der Waals surface area contributed by atoms with E-state index in [2.05, 4.69) is 30.3 Å². The maximum Gasteiger partial charge on any atom is 0.00214 e. The highest BCUT2D eigenvalue weighted by Gasteiger charge is 2.55. The highest BCUT2D eigenvalue weighted by atomic mass is 14.7. The molecule has 2 aliphatic carbocycles. The van der Waals surface area contributed by atoms with E-state index in [0.717, 1.165) is 6.54 Å². The van der Waals surface area contributed by atoms with Gasteiger partial charge in [-0.2, -0.15) is 0 Å². The molecule has 0 bridgehead atoms. The van der Waals surface area contributed by atoms with Crippen LogP contribution in [0.4, 0.5) is 0 Å². The van der Waals surface area contributed by atoms with Gasteiger partial charge in [0.2, 0.25) is 0 Å². The highest BCUT2D eigenvalue weighted by Crippen LogP contribution is 2.61. The van der Waals surface area contributed by atoms with Crippen molar-refractivity contribution in [1.82, 2.24) is 0 Å². The molecule has 92 valence electrons. The fraction of sp³-hybridized carbons (Fsp3) is 0.625. The van der Waals surface area contributed by atoms with Gasteiger partial charge in [0.05, 0.1) is 0 Å². The lowest BCUT2D eigenvalue weighted by Gasteiger charge is -2.55. The van der Waals surface area contributed by atoms with Gasteiger partial charge in [-0.3, -0.25) is 0 Å². The summed E-state index contributed by atoms with van der Waals surface area (Å²) in [5.41, 5.74) is 8.55. The minimum Gasteiger partial charge on any atom is -0.330 e. The molecule has 2 aliphatic rings. The monoisotopic (exact) mass is 229 g/mol. The molecule has 0 saturated heterocycles. The molecular weight excluding hydrogens is 206 g/mol. The van der Waals surface area contributed by atoms with Crippen LogP contribution < -0.4 is 5.73 Å². The fourth-order valence-corrected chi connectivity index (χ4v) is 4.34. The molecule has 0 aliphatic heterocycles. The Hall–Kier alpha value is -0.820. The van der Waals surface area contributed by atoms with Crippen LogP contribution in [-0.2, 0) is 5.41 Å². The number of hydrogen-bond acceptors (Lipinski definition) is 1. The molecule has 1 heteroatoms. The third kappa shape index (κ3) is 1.48. The van der Waals surface area contributed by atoms with Crippen LogP contribution in [0.3, 0.4) is 0 Å². The maximum absolute atomic E-state index is 6.17. The van der Waals surface area contributed by atoms with Crippen molar-refractivity contribution in [2.75, 3.05) is 6.54 Å². The minimum absolute atomic E-state index is 0.404. The topological polar surface area (TPSA) is 26.0 Å². The zero-order valence-corrected chi connectivity index (χ0v) is 10.6. The lowest BCUT2D eigenvalue weighted by molar-refractivity contribution is 0.0296. The van der Waals surface area contributed by atoms with Gasteiger partial charge >= 0.3 is 0 Å². The summed E-state index contributed by atoms with van der Waals surface area (Å²) in [6.45, 7) is 0.877. The van der Waals surface area contributed by atoms with E-state index in [4.69, 9.17) is 5.73 Å². The standard InChI is InChI=1S/C16H23N/c17-13-15(9-6-10-15)16(11-4-5-12-16)14-7-2-1-3-8-14/h1-3,7-8H,4-6,9-13,17H2. The van der Waals surface area contributed by atoms with E-state index in [9.17, 15) is 0 Å². The molecule has 3 rings (SSSR count). The first-order chi connectivity index (χ1) is 8.33. The van der Waals surface area contributed by atoms with Crippen LogP contribution in [0.1, 0.15) is 50.5 Å². The predicted octanol–water partition coefficient (Wildman–Crippen LogP) is 3.63. The summed E-state index contributed by atoms with van der Waals surface area (Å²) in [6, 6.07) is 11.2. The molecule has 17 heavy (non-hydrogen) atoms. The molecule has 1 aromatic rings. The van der Waals surface area contributed by atoms with Crippen molar-refractivity contribution in [1.29, 1.82) is 0 Å². The summed E-state index contributed by atoms with van der Waals surface area (Å²) in [5, 5.41) is 0. The van der Waals surface area contributed by atoms with Crippen molar-refractivity contribution >= 4 is 0 Å². The molecule has 2 N–H and O–H groups in total. The van der Waals surface area contributed by atoms with Crippen molar-refractivity contribution < 1.29 is 0 Å². The first kappa shape index (κ1) is 11.3. The SMILES string of the molecule is NCC1(C2(c3ccccc3)CCCC2)CCC1. The Bertz CT molecular complexity index is 366. The minimum atomic E-state index is 0.404. The molecule has 1 nitrogen and oxygen atoms in total. The summed E-state index contributed by atoms with van der Waals surface area (Å²) >= 11 is 0. The van der Waals surface area contributed by atoms with Crippen molar-refractivity contribution in [3.8, 4) is 0 Å². The number of hydrogen-bond donors (Lipinski definition) is 1. The van der Waals surface area contributed by atoms with Crippen LogP contribution >= 0.6 is 0 Å². The molecule has 0 atom stereocenters. The van der Waals surface area contributed by atoms with Crippen LogP contribution in [0.5, 0.6) is 0 Å². The summed E-state index contributed by atoms with van der Waals surface area (Å²) in [5.74, 6) is 0. The molecule has 2 saturated carbocycles. The second kappa shape index (κ2) is 4.13. The molecule has 0 spiro atoms. The van der Waals surface area contributed by atoms with E-state index >= 15 is 0 Å². The Balaban J connectivity index is 2.04. The Morgan fingerprint density at radius 3 is 2.00 bits per heavy atom. The van der Waals surface area contributed by atoms with Crippen LogP contribution in [0.15, 0.2) is 30.3 Å². The van der Waals surface area contributed by atoms with Gasteiger partial charge in [-0.1, -0.05) is 49.6 Å².